The zero-order valence-electron chi connectivity index (χ0n) is 13.2. The summed E-state index contributed by atoms with van der Waals surface area (Å²) in [5.41, 5.74) is 7.85. The average molecular weight is 289 g/mol. The molecule has 0 spiro atoms. The second kappa shape index (κ2) is 6.24. The van der Waals surface area contributed by atoms with Crippen LogP contribution in [0, 0.1) is 5.92 Å². The topological polar surface area (TPSA) is 41.7 Å². The van der Waals surface area contributed by atoms with E-state index in [0.717, 1.165) is 29.9 Å². The van der Waals surface area contributed by atoms with E-state index in [2.05, 4.69) is 22.9 Å². The Morgan fingerprint density at radius 3 is 2.95 bits per heavy atom. The molecule has 2 heterocycles. The molecule has 4 heteroatoms. The first-order chi connectivity index (χ1) is 10.2. The van der Waals surface area contributed by atoms with Crippen molar-refractivity contribution in [2.24, 2.45) is 5.92 Å². The van der Waals surface area contributed by atoms with Gasteiger partial charge in [-0.2, -0.15) is 0 Å². The summed E-state index contributed by atoms with van der Waals surface area (Å²) in [5.74, 6) is 1.75. The van der Waals surface area contributed by atoms with Crippen molar-refractivity contribution >= 4 is 5.69 Å². The van der Waals surface area contributed by atoms with E-state index in [1.54, 1.807) is 7.11 Å². The van der Waals surface area contributed by atoms with E-state index >= 15 is 0 Å². The number of hydrogen-bond donors (Lipinski definition) is 1. The van der Waals surface area contributed by atoms with Gasteiger partial charge >= 0.3 is 0 Å². The molecule has 0 bridgehead atoms. The van der Waals surface area contributed by atoms with Crippen molar-refractivity contribution in [3.8, 4) is 5.75 Å². The molecule has 2 aliphatic rings. The summed E-state index contributed by atoms with van der Waals surface area (Å²) in [4.78, 5) is 5.14. The van der Waals surface area contributed by atoms with Crippen LogP contribution in [0.25, 0.3) is 0 Å². The standard InChI is InChI=1S/C17H27N3O/c1-19-8-3-4-13-11-20(9-7-16(13)19)12-14-5-6-15(18)10-17(14)21-2/h5-6,10,13,16H,3-4,7-9,11-12,18H2,1-2H3. The van der Waals surface area contributed by atoms with Crippen LogP contribution in [0.5, 0.6) is 5.75 Å². The largest absolute Gasteiger partial charge is 0.496 e. The van der Waals surface area contributed by atoms with Crippen molar-refractivity contribution < 1.29 is 4.74 Å². The quantitative estimate of drug-likeness (QED) is 0.866. The normalized spacial score (nSPS) is 27.3. The number of likely N-dealkylation sites (tertiary alicyclic amines) is 2. The maximum atomic E-state index is 5.84. The number of hydrogen-bond acceptors (Lipinski definition) is 4. The minimum absolute atomic E-state index is 0.767. The Bertz CT molecular complexity index is 491. The lowest BCUT2D eigenvalue weighted by atomic mass is 9.84. The molecule has 2 aliphatic heterocycles. The van der Waals surface area contributed by atoms with Crippen molar-refractivity contribution in [3.63, 3.8) is 0 Å². The molecule has 0 aliphatic carbocycles. The smallest absolute Gasteiger partial charge is 0.125 e. The van der Waals surface area contributed by atoms with Crippen LogP contribution in [-0.4, -0.2) is 49.6 Å². The van der Waals surface area contributed by atoms with E-state index in [-0.39, 0.29) is 0 Å². The molecule has 21 heavy (non-hydrogen) atoms. The van der Waals surface area contributed by atoms with Gasteiger partial charge in [0.25, 0.3) is 0 Å². The Morgan fingerprint density at radius 2 is 2.14 bits per heavy atom. The summed E-state index contributed by atoms with van der Waals surface area (Å²) in [5, 5.41) is 0. The third-order valence-electron chi connectivity index (χ3n) is 5.13. The van der Waals surface area contributed by atoms with Gasteiger partial charge < -0.3 is 15.4 Å². The van der Waals surface area contributed by atoms with Gasteiger partial charge in [-0.1, -0.05) is 6.07 Å². The Balaban J connectivity index is 1.66. The number of benzene rings is 1. The number of nitrogens with two attached hydrogens (primary N) is 1. The summed E-state index contributed by atoms with van der Waals surface area (Å²) in [6.07, 6.45) is 4.01. The fourth-order valence-electron chi connectivity index (χ4n) is 4.00. The first-order valence-electron chi connectivity index (χ1n) is 8.02. The molecular weight excluding hydrogens is 262 g/mol. The molecule has 2 unspecified atom stereocenters. The number of methoxy groups -OCH3 is 1. The molecule has 1 aromatic carbocycles. The molecule has 0 radical (unpaired) electrons. The van der Waals surface area contributed by atoms with Gasteiger partial charge in [-0.3, -0.25) is 4.90 Å². The van der Waals surface area contributed by atoms with Gasteiger partial charge in [0.05, 0.1) is 7.11 Å². The van der Waals surface area contributed by atoms with E-state index in [1.807, 2.05) is 12.1 Å². The SMILES string of the molecule is COc1cc(N)ccc1CN1CCC2C(CCCN2C)C1. The molecule has 2 fully saturated rings. The highest BCUT2D eigenvalue weighted by Crippen LogP contribution is 2.31. The van der Waals surface area contributed by atoms with Crippen molar-refractivity contribution in [1.29, 1.82) is 0 Å². The number of rotatable bonds is 3. The van der Waals surface area contributed by atoms with E-state index in [9.17, 15) is 0 Å². The molecule has 0 amide bonds. The third kappa shape index (κ3) is 3.16. The van der Waals surface area contributed by atoms with Gasteiger partial charge in [0.1, 0.15) is 5.75 Å². The first-order valence-corrected chi connectivity index (χ1v) is 8.02. The van der Waals surface area contributed by atoms with Crippen LogP contribution in [0.2, 0.25) is 0 Å². The number of piperidine rings is 2. The van der Waals surface area contributed by atoms with Crippen molar-refractivity contribution in [2.45, 2.75) is 31.8 Å². The van der Waals surface area contributed by atoms with Gasteiger partial charge in [-0.05, 0) is 51.4 Å². The predicted molar refractivity (Wildman–Crippen MR) is 86.4 cm³/mol. The van der Waals surface area contributed by atoms with Crippen LogP contribution < -0.4 is 10.5 Å². The van der Waals surface area contributed by atoms with Gasteiger partial charge in [0.2, 0.25) is 0 Å². The van der Waals surface area contributed by atoms with Crippen LogP contribution in [-0.2, 0) is 6.54 Å². The van der Waals surface area contributed by atoms with E-state index < -0.39 is 0 Å². The number of nitrogen functional groups attached to an aromatic ring is 1. The fourth-order valence-corrected chi connectivity index (χ4v) is 4.00. The second-order valence-electron chi connectivity index (χ2n) is 6.55. The highest BCUT2D eigenvalue weighted by Gasteiger charge is 2.34. The van der Waals surface area contributed by atoms with Gasteiger partial charge in [0.15, 0.2) is 0 Å². The molecule has 116 valence electrons. The van der Waals surface area contributed by atoms with Gasteiger partial charge in [-0.15, -0.1) is 0 Å². The first kappa shape index (κ1) is 14.7. The van der Waals surface area contributed by atoms with E-state index in [0.29, 0.717) is 0 Å². The second-order valence-corrected chi connectivity index (χ2v) is 6.55. The summed E-state index contributed by atoms with van der Waals surface area (Å²) < 4.78 is 5.48. The van der Waals surface area contributed by atoms with Crippen LogP contribution in [0.4, 0.5) is 5.69 Å². The Kier molecular flexibility index (Phi) is 4.36. The lowest BCUT2D eigenvalue weighted by Crippen LogP contribution is -2.52. The molecule has 2 saturated heterocycles. The molecule has 0 saturated carbocycles. The summed E-state index contributed by atoms with van der Waals surface area (Å²) >= 11 is 0. The van der Waals surface area contributed by atoms with Gasteiger partial charge in [-0.25, -0.2) is 0 Å². The minimum Gasteiger partial charge on any atom is -0.496 e. The molecule has 2 N–H and O–H groups in total. The van der Waals surface area contributed by atoms with Crippen LogP contribution in [0.3, 0.4) is 0 Å². The zero-order chi connectivity index (χ0) is 14.8. The molecule has 1 aromatic rings. The Hall–Kier alpha value is -1.26. The molecule has 2 atom stereocenters. The van der Waals surface area contributed by atoms with Crippen molar-refractivity contribution in [2.75, 3.05) is 39.5 Å². The summed E-state index contributed by atoms with van der Waals surface area (Å²) in [6.45, 7) is 4.63. The highest BCUT2D eigenvalue weighted by molar-refractivity contribution is 5.48. The van der Waals surface area contributed by atoms with Crippen molar-refractivity contribution in [1.82, 2.24) is 9.80 Å². The maximum absolute atomic E-state index is 5.84. The summed E-state index contributed by atoms with van der Waals surface area (Å²) in [6, 6.07) is 6.80. The van der Waals surface area contributed by atoms with Crippen LogP contribution in [0.1, 0.15) is 24.8 Å². The van der Waals surface area contributed by atoms with Crippen LogP contribution in [0.15, 0.2) is 18.2 Å². The Morgan fingerprint density at radius 1 is 1.29 bits per heavy atom. The Labute approximate surface area is 127 Å². The average Bonchev–Trinajstić information content (AvgIpc) is 2.49. The minimum atomic E-state index is 0.767. The molecule has 0 aromatic heterocycles. The highest BCUT2D eigenvalue weighted by atomic mass is 16.5. The van der Waals surface area contributed by atoms with E-state index in [4.69, 9.17) is 10.5 Å². The maximum Gasteiger partial charge on any atom is 0.125 e. The lowest BCUT2D eigenvalue weighted by Gasteiger charge is -2.46. The predicted octanol–water partition coefficient (Wildman–Crippen LogP) is 2.19. The van der Waals surface area contributed by atoms with Crippen molar-refractivity contribution in [3.05, 3.63) is 23.8 Å². The molecular formula is C17H27N3O. The number of fused-ring (bicyclic) bond motifs is 1. The number of anilines is 1. The summed E-state index contributed by atoms with van der Waals surface area (Å²) in [7, 11) is 4.01. The molecule has 3 rings (SSSR count). The van der Waals surface area contributed by atoms with E-state index in [1.165, 1.54) is 44.5 Å². The monoisotopic (exact) mass is 289 g/mol. The van der Waals surface area contributed by atoms with Gasteiger partial charge in [0, 0.05) is 36.4 Å². The fraction of sp³-hybridized carbons (Fsp3) is 0.647. The zero-order valence-corrected chi connectivity index (χ0v) is 13.2. The number of ether oxygens (including phenoxy) is 1. The third-order valence-corrected chi connectivity index (χ3v) is 5.13. The van der Waals surface area contributed by atoms with Crippen LogP contribution >= 0.6 is 0 Å². The lowest BCUT2D eigenvalue weighted by molar-refractivity contribution is 0.0352. The number of nitrogens with zero attached hydrogens (tertiary/aromatic N) is 2. The molecule has 4 nitrogen and oxygen atoms in total.